The van der Waals surface area contributed by atoms with Crippen LogP contribution in [0.2, 0.25) is 16.6 Å². The van der Waals surface area contributed by atoms with Gasteiger partial charge in [0.1, 0.15) is 11.9 Å². The van der Waals surface area contributed by atoms with Crippen molar-refractivity contribution in [2.24, 2.45) is 0 Å². The smallest absolute Gasteiger partial charge is 0.416 e. The Hall–Kier alpha value is -2.32. The summed E-state index contributed by atoms with van der Waals surface area (Å²) >= 11 is 0. The molecule has 1 aliphatic heterocycles. The molecular weight excluding hydrogens is 459 g/mol. The van der Waals surface area contributed by atoms with Crippen molar-refractivity contribution in [2.45, 2.75) is 76.5 Å². The van der Waals surface area contributed by atoms with Crippen LogP contribution in [0.25, 0.3) is 0 Å². The molecule has 1 saturated heterocycles. The van der Waals surface area contributed by atoms with Gasteiger partial charge in [-0.15, -0.1) is 0 Å². The summed E-state index contributed by atoms with van der Waals surface area (Å²) in [4.78, 5) is 15.1. The molecule has 4 nitrogen and oxygen atoms in total. The van der Waals surface area contributed by atoms with E-state index in [4.69, 9.17) is 9.16 Å². The summed E-state index contributed by atoms with van der Waals surface area (Å²) in [6.45, 7) is 12.9. The van der Waals surface area contributed by atoms with Crippen LogP contribution in [-0.4, -0.2) is 27.4 Å². The lowest BCUT2D eigenvalue weighted by Gasteiger charge is -2.53. The summed E-state index contributed by atoms with van der Waals surface area (Å²) in [5.41, 5.74) is 1.36. The van der Waals surface area contributed by atoms with Gasteiger partial charge in [-0.1, -0.05) is 53.7 Å². The number of methoxy groups -OCH3 is 1. The van der Waals surface area contributed by atoms with E-state index in [1.165, 1.54) is 12.1 Å². The third kappa shape index (κ3) is 4.62. The van der Waals surface area contributed by atoms with Crippen LogP contribution < -0.4 is 9.64 Å². The fraction of sp³-hybridized carbons (Fsp3) is 0.500. The first-order valence-corrected chi connectivity index (χ1v) is 13.8. The van der Waals surface area contributed by atoms with Crippen molar-refractivity contribution >= 4 is 19.9 Å². The summed E-state index contributed by atoms with van der Waals surface area (Å²) in [5.74, 6) is 0.482. The Bertz CT molecular complexity index is 966. The Labute approximate surface area is 201 Å². The number of carbonyl (C=O) groups excluding carboxylic acids is 1. The third-order valence-corrected chi connectivity index (χ3v) is 13.1. The van der Waals surface area contributed by atoms with Crippen LogP contribution in [0.3, 0.4) is 0 Å². The van der Waals surface area contributed by atoms with E-state index in [1.807, 2.05) is 0 Å². The molecule has 0 unspecified atom stereocenters. The molecule has 0 saturated carbocycles. The van der Waals surface area contributed by atoms with Gasteiger partial charge in [-0.05, 0) is 58.6 Å². The van der Waals surface area contributed by atoms with Crippen molar-refractivity contribution in [3.8, 4) is 5.75 Å². The maximum Gasteiger partial charge on any atom is 0.416 e. The Kier molecular flexibility index (Phi) is 7.53. The summed E-state index contributed by atoms with van der Waals surface area (Å²) in [6.07, 6.45) is -5.16. The number of nitrogens with zero attached hydrogens (tertiary/aromatic N) is 1. The van der Waals surface area contributed by atoms with Crippen LogP contribution in [0.5, 0.6) is 5.75 Å². The summed E-state index contributed by atoms with van der Waals surface area (Å²) in [7, 11) is -0.848. The summed E-state index contributed by atoms with van der Waals surface area (Å²) in [5, 5.41) is 0. The number of hydrogen-bond acceptors (Lipinski definition) is 3. The van der Waals surface area contributed by atoms with Gasteiger partial charge in [-0.2, -0.15) is 13.2 Å². The molecule has 0 spiro atoms. The highest BCUT2D eigenvalue weighted by molar-refractivity contribution is 6.77. The van der Waals surface area contributed by atoms with Crippen molar-refractivity contribution < 1.29 is 27.1 Å². The molecule has 186 valence electrons. The highest BCUT2D eigenvalue weighted by Gasteiger charge is 2.56. The topological polar surface area (TPSA) is 38.8 Å². The van der Waals surface area contributed by atoms with E-state index < -0.39 is 32.2 Å². The molecule has 1 heterocycles. The van der Waals surface area contributed by atoms with Crippen molar-refractivity contribution in [3.05, 3.63) is 59.7 Å². The molecule has 1 fully saturated rings. The zero-order chi connectivity index (χ0) is 25.4. The Morgan fingerprint density at radius 1 is 0.853 bits per heavy atom. The van der Waals surface area contributed by atoms with Gasteiger partial charge in [0, 0.05) is 5.69 Å². The average Bonchev–Trinajstić information content (AvgIpc) is 2.77. The quantitative estimate of drug-likeness (QED) is 0.285. The van der Waals surface area contributed by atoms with Gasteiger partial charge in [0.2, 0.25) is 8.32 Å². The highest BCUT2D eigenvalue weighted by atomic mass is 28.4. The summed E-state index contributed by atoms with van der Waals surface area (Å²) < 4.78 is 51.5. The second-order valence-electron chi connectivity index (χ2n) is 9.83. The summed E-state index contributed by atoms with van der Waals surface area (Å²) in [6, 6.07) is 11.6. The molecule has 1 amide bonds. The van der Waals surface area contributed by atoms with Gasteiger partial charge in [0.15, 0.2) is 0 Å². The van der Waals surface area contributed by atoms with E-state index >= 15 is 0 Å². The van der Waals surface area contributed by atoms with Gasteiger partial charge < -0.3 is 9.16 Å². The number of anilines is 1. The second kappa shape index (κ2) is 9.74. The third-order valence-electron chi connectivity index (χ3n) is 7.01. The molecule has 2 atom stereocenters. The molecule has 0 bridgehead atoms. The molecule has 0 radical (unpaired) electrons. The average molecular weight is 494 g/mol. The zero-order valence-corrected chi connectivity index (χ0v) is 21.8. The Morgan fingerprint density at radius 2 is 1.35 bits per heavy atom. The van der Waals surface area contributed by atoms with Gasteiger partial charge in [0.25, 0.3) is 5.91 Å². The van der Waals surface area contributed by atoms with Gasteiger partial charge >= 0.3 is 6.18 Å². The first-order chi connectivity index (χ1) is 15.8. The van der Waals surface area contributed by atoms with Crippen LogP contribution in [0, 0.1) is 0 Å². The molecule has 0 aromatic heterocycles. The van der Waals surface area contributed by atoms with E-state index in [9.17, 15) is 18.0 Å². The van der Waals surface area contributed by atoms with E-state index in [0.29, 0.717) is 17.0 Å². The molecule has 1 aliphatic rings. The number of rotatable bonds is 8. The van der Waals surface area contributed by atoms with Crippen LogP contribution in [0.4, 0.5) is 18.9 Å². The molecule has 3 rings (SSSR count). The van der Waals surface area contributed by atoms with Crippen molar-refractivity contribution in [2.75, 3.05) is 12.0 Å². The molecule has 0 N–H and O–H groups in total. The predicted octanol–water partition coefficient (Wildman–Crippen LogP) is 7.36. The van der Waals surface area contributed by atoms with Crippen LogP contribution in [0.1, 0.15) is 58.7 Å². The molecule has 8 heteroatoms. The SMILES string of the molecule is COc1ccc(N2C(=O)[C@H](O[Si](C(C)C)(C(C)C)C(C)C)[C@@H]2c2ccc(C(F)(F)F)cc2)cc1. The van der Waals surface area contributed by atoms with Crippen LogP contribution in [-0.2, 0) is 15.4 Å². The standard InChI is InChI=1S/C26H34F3NO3Si/c1-16(2)34(17(3)4,18(5)6)33-24-23(19-8-10-20(11-9-19)26(27,28)29)30(25(24)31)21-12-14-22(32-7)15-13-21/h8-18,23-24H,1-7H3/t23-,24+/m0/s1. The zero-order valence-electron chi connectivity index (χ0n) is 20.8. The fourth-order valence-electron chi connectivity index (χ4n) is 5.43. The molecule has 34 heavy (non-hydrogen) atoms. The van der Waals surface area contributed by atoms with Crippen LogP contribution in [0.15, 0.2) is 48.5 Å². The second-order valence-corrected chi connectivity index (χ2v) is 15.2. The van der Waals surface area contributed by atoms with Crippen molar-refractivity contribution in [1.82, 2.24) is 0 Å². The first kappa shape index (κ1) is 26.3. The molecule has 2 aromatic rings. The van der Waals surface area contributed by atoms with E-state index in [2.05, 4.69) is 41.5 Å². The Morgan fingerprint density at radius 3 is 1.76 bits per heavy atom. The highest BCUT2D eigenvalue weighted by Crippen LogP contribution is 2.49. The maximum atomic E-state index is 13.5. The van der Waals surface area contributed by atoms with Crippen molar-refractivity contribution in [1.29, 1.82) is 0 Å². The number of alkyl halides is 3. The largest absolute Gasteiger partial charge is 0.497 e. The number of β-lactam (4-membered cyclic amide) rings is 1. The molecule has 0 aliphatic carbocycles. The maximum absolute atomic E-state index is 13.5. The van der Waals surface area contributed by atoms with Gasteiger partial charge in [0.05, 0.1) is 18.7 Å². The predicted molar refractivity (Wildman–Crippen MR) is 131 cm³/mol. The minimum absolute atomic E-state index is 0.172. The minimum Gasteiger partial charge on any atom is -0.497 e. The van der Waals surface area contributed by atoms with E-state index in [0.717, 1.165) is 12.1 Å². The van der Waals surface area contributed by atoms with Gasteiger partial charge in [-0.25, -0.2) is 0 Å². The van der Waals surface area contributed by atoms with Crippen molar-refractivity contribution in [3.63, 3.8) is 0 Å². The monoisotopic (exact) mass is 493 g/mol. The van der Waals surface area contributed by atoms with E-state index in [-0.39, 0.29) is 22.5 Å². The first-order valence-electron chi connectivity index (χ1n) is 11.7. The number of benzene rings is 2. The Balaban J connectivity index is 2.05. The van der Waals surface area contributed by atoms with Crippen LogP contribution >= 0.6 is 0 Å². The lowest BCUT2D eigenvalue weighted by Crippen LogP contribution is -2.65. The molecular formula is C26H34F3NO3Si. The lowest BCUT2D eigenvalue weighted by molar-refractivity contribution is -0.138. The fourth-order valence-corrected chi connectivity index (χ4v) is 10.9. The number of halogens is 3. The number of hydrogen-bond donors (Lipinski definition) is 0. The van der Waals surface area contributed by atoms with Gasteiger partial charge in [-0.3, -0.25) is 9.69 Å². The molecule has 2 aromatic carbocycles. The minimum atomic E-state index is -4.42. The van der Waals surface area contributed by atoms with E-state index in [1.54, 1.807) is 36.3 Å². The number of ether oxygens (including phenoxy) is 1. The number of amides is 1. The lowest BCUT2D eigenvalue weighted by atomic mass is 9.89. The number of carbonyl (C=O) groups is 1. The normalized spacial score (nSPS) is 19.2.